The molecule has 0 aromatic heterocycles. The van der Waals surface area contributed by atoms with E-state index in [1.807, 2.05) is 27.7 Å². The molecule has 0 spiro atoms. The van der Waals surface area contributed by atoms with Gasteiger partial charge in [0.1, 0.15) is 5.75 Å². The number of non-ortho nitro benzene ring substituents is 1. The third-order valence-electron chi connectivity index (χ3n) is 6.25. The van der Waals surface area contributed by atoms with Crippen molar-refractivity contribution in [3.8, 4) is 5.75 Å². The summed E-state index contributed by atoms with van der Waals surface area (Å²) in [5.74, 6) is -1.12. The first-order valence-corrected chi connectivity index (χ1v) is 10.2. The van der Waals surface area contributed by atoms with Crippen LogP contribution in [0.15, 0.2) is 40.7 Å². The third-order valence-corrected chi connectivity index (χ3v) is 6.25. The quantitative estimate of drug-likeness (QED) is 0.556. The van der Waals surface area contributed by atoms with Crippen molar-refractivity contribution in [2.45, 2.75) is 59.3 Å². The van der Waals surface area contributed by atoms with Crippen molar-refractivity contribution < 1.29 is 19.6 Å². The summed E-state index contributed by atoms with van der Waals surface area (Å²) >= 11 is 0. The van der Waals surface area contributed by atoms with Gasteiger partial charge in [-0.25, -0.2) is 0 Å². The van der Waals surface area contributed by atoms with Gasteiger partial charge in [0.15, 0.2) is 11.6 Å². The molecule has 4 rings (SSSR count). The molecule has 0 saturated carbocycles. The van der Waals surface area contributed by atoms with Gasteiger partial charge in [0.25, 0.3) is 5.69 Å². The summed E-state index contributed by atoms with van der Waals surface area (Å²) in [7, 11) is 0. The van der Waals surface area contributed by atoms with Crippen LogP contribution in [0.1, 0.15) is 64.9 Å². The first-order chi connectivity index (χ1) is 13.9. The molecule has 2 aliphatic carbocycles. The average molecular weight is 410 g/mol. The molecule has 0 bridgehead atoms. The fourth-order valence-corrected chi connectivity index (χ4v) is 5.09. The Hall–Kier alpha value is -2.96. The predicted molar refractivity (Wildman–Crippen MR) is 111 cm³/mol. The zero-order valence-corrected chi connectivity index (χ0v) is 17.7. The van der Waals surface area contributed by atoms with Gasteiger partial charge in [-0.2, -0.15) is 0 Å². The van der Waals surface area contributed by atoms with Crippen molar-refractivity contribution in [2.24, 2.45) is 10.8 Å². The first kappa shape index (κ1) is 20.3. The van der Waals surface area contributed by atoms with Crippen LogP contribution in [0.5, 0.6) is 5.75 Å². The van der Waals surface area contributed by atoms with Crippen LogP contribution < -0.4 is 5.32 Å². The number of hydrogen-bond acceptors (Lipinski definition) is 6. The molecular weight excluding hydrogens is 384 g/mol. The average Bonchev–Trinajstić information content (AvgIpc) is 2.57. The summed E-state index contributed by atoms with van der Waals surface area (Å²) in [4.78, 5) is 37.3. The van der Waals surface area contributed by atoms with E-state index in [0.29, 0.717) is 36.8 Å². The number of nitro groups is 1. The van der Waals surface area contributed by atoms with Gasteiger partial charge in [-0.15, -0.1) is 0 Å². The lowest BCUT2D eigenvalue weighted by atomic mass is 9.64. The number of carbonyl (C=O) groups is 2. The number of ketones is 2. The van der Waals surface area contributed by atoms with Gasteiger partial charge in [0, 0.05) is 59.0 Å². The molecule has 1 aromatic carbocycles. The summed E-state index contributed by atoms with van der Waals surface area (Å²) in [5, 5.41) is 25.4. The van der Waals surface area contributed by atoms with E-state index >= 15 is 0 Å². The molecule has 0 atom stereocenters. The molecule has 0 radical (unpaired) electrons. The predicted octanol–water partition coefficient (Wildman–Crippen LogP) is 4.27. The van der Waals surface area contributed by atoms with Crippen LogP contribution in [-0.2, 0) is 9.59 Å². The number of nitro benzene ring substituents is 1. The van der Waals surface area contributed by atoms with Gasteiger partial charge in [0.2, 0.25) is 0 Å². The van der Waals surface area contributed by atoms with Gasteiger partial charge >= 0.3 is 0 Å². The largest absolute Gasteiger partial charge is 0.508 e. The van der Waals surface area contributed by atoms with E-state index in [4.69, 9.17) is 0 Å². The number of benzene rings is 1. The number of allylic oxidation sites excluding steroid dienone is 4. The normalized spacial score (nSPS) is 23.1. The van der Waals surface area contributed by atoms with Crippen molar-refractivity contribution in [3.05, 3.63) is 56.4 Å². The third kappa shape index (κ3) is 3.32. The molecule has 30 heavy (non-hydrogen) atoms. The number of nitrogens with one attached hydrogen (secondary N) is 1. The molecule has 1 heterocycles. The van der Waals surface area contributed by atoms with Gasteiger partial charge in [0.05, 0.1) is 4.92 Å². The van der Waals surface area contributed by atoms with Crippen LogP contribution in [-0.4, -0.2) is 21.6 Å². The van der Waals surface area contributed by atoms with Crippen molar-refractivity contribution in [3.63, 3.8) is 0 Å². The topological polar surface area (TPSA) is 110 Å². The van der Waals surface area contributed by atoms with E-state index in [9.17, 15) is 24.8 Å². The summed E-state index contributed by atoms with van der Waals surface area (Å²) in [6.07, 6.45) is 1.90. The number of rotatable bonds is 2. The lowest BCUT2D eigenvalue weighted by molar-refractivity contribution is -0.384. The highest BCUT2D eigenvalue weighted by Gasteiger charge is 2.47. The number of nitrogens with zero attached hydrogens (tertiary/aromatic N) is 1. The molecule has 0 saturated heterocycles. The Balaban J connectivity index is 1.97. The Labute approximate surface area is 175 Å². The number of carbonyl (C=O) groups excluding carboxylic acids is 2. The molecule has 3 aliphatic rings. The molecule has 1 aliphatic heterocycles. The Bertz CT molecular complexity index is 1010. The van der Waals surface area contributed by atoms with Crippen molar-refractivity contribution in [2.75, 3.05) is 0 Å². The lowest BCUT2D eigenvalue weighted by Crippen LogP contribution is -2.42. The second-order valence-electron chi connectivity index (χ2n) is 10.2. The van der Waals surface area contributed by atoms with Crippen LogP contribution in [0.3, 0.4) is 0 Å². The smallest absolute Gasteiger partial charge is 0.270 e. The molecule has 0 unspecified atom stereocenters. The summed E-state index contributed by atoms with van der Waals surface area (Å²) in [6.45, 7) is 8.10. The van der Waals surface area contributed by atoms with E-state index in [2.05, 4.69) is 5.32 Å². The standard InChI is InChI=1S/C23H26N2O5/c1-22(2)8-14-20(17(27)10-22)19(13-7-12(25(29)30)5-6-16(13)26)21-15(24-14)9-23(3,4)11-18(21)28/h5-7,19,24,26H,8-11H2,1-4H3. The molecule has 158 valence electrons. The van der Waals surface area contributed by atoms with Crippen molar-refractivity contribution in [1.82, 2.24) is 5.32 Å². The van der Waals surface area contributed by atoms with Gasteiger partial charge in [-0.05, 0) is 29.7 Å². The van der Waals surface area contributed by atoms with Gasteiger partial charge in [-0.1, -0.05) is 27.7 Å². The van der Waals surface area contributed by atoms with Crippen molar-refractivity contribution >= 4 is 17.3 Å². The Kier molecular flexibility index (Phi) is 4.42. The maximum Gasteiger partial charge on any atom is 0.270 e. The molecule has 0 fully saturated rings. The summed E-state index contributed by atoms with van der Waals surface area (Å²) in [5.41, 5.74) is 2.03. The second kappa shape index (κ2) is 6.52. The zero-order chi connectivity index (χ0) is 22.0. The summed E-state index contributed by atoms with van der Waals surface area (Å²) < 4.78 is 0. The summed E-state index contributed by atoms with van der Waals surface area (Å²) in [6, 6.07) is 3.78. The first-order valence-electron chi connectivity index (χ1n) is 10.2. The Morgan fingerprint density at radius 3 is 1.93 bits per heavy atom. The van der Waals surface area contributed by atoms with Crippen LogP contribution in [0, 0.1) is 20.9 Å². The van der Waals surface area contributed by atoms with Crippen molar-refractivity contribution in [1.29, 1.82) is 0 Å². The number of hydrogen-bond donors (Lipinski definition) is 2. The van der Waals surface area contributed by atoms with Crippen LogP contribution in [0.4, 0.5) is 5.69 Å². The van der Waals surface area contributed by atoms with Crippen LogP contribution in [0.2, 0.25) is 0 Å². The molecule has 7 nitrogen and oxygen atoms in total. The molecular formula is C23H26N2O5. The SMILES string of the molecule is CC1(C)CC(=O)C2=C(C1)NC1=C(C(=O)CC(C)(C)C1)C2c1cc([N+](=O)[O-])ccc1O. The lowest BCUT2D eigenvalue weighted by Gasteiger charge is -2.43. The van der Waals surface area contributed by atoms with Gasteiger partial charge in [-0.3, -0.25) is 19.7 Å². The minimum absolute atomic E-state index is 0.0890. The zero-order valence-electron chi connectivity index (χ0n) is 17.7. The highest BCUT2D eigenvalue weighted by molar-refractivity contribution is 6.07. The highest BCUT2D eigenvalue weighted by Crippen LogP contribution is 2.52. The van der Waals surface area contributed by atoms with E-state index in [1.54, 1.807) is 0 Å². The molecule has 1 aromatic rings. The van der Waals surface area contributed by atoms with E-state index < -0.39 is 10.8 Å². The van der Waals surface area contributed by atoms with E-state index in [0.717, 1.165) is 11.4 Å². The van der Waals surface area contributed by atoms with Gasteiger partial charge < -0.3 is 10.4 Å². The molecule has 7 heteroatoms. The fourth-order valence-electron chi connectivity index (χ4n) is 5.09. The maximum atomic E-state index is 13.2. The number of aromatic hydroxyl groups is 1. The molecule has 2 N–H and O–H groups in total. The monoisotopic (exact) mass is 410 g/mol. The molecule has 0 amide bonds. The minimum Gasteiger partial charge on any atom is -0.508 e. The van der Waals surface area contributed by atoms with E-state index in [-0.39, 0.29) is 39.4 Å². The van der Waals surface area contributed by atoms with Crippen LogP contribution in [0.25, 0.3) is 0 Å². The minimum atomic E-state index is -0.789. The Morgan fingerprint density at radius 1 is 0.967 bits per heavy atom. The Morgan fingerprint density at radius 2 is 1.47 bits per heavy atom. The van der Waals surface area contributed by atoms with Crippen LogP contribution >= 0.6 is 0 Å². The number of phenols is 1. The fraction of sp³-hybridized carbons (Fsp3) is 0.478. The number of phenolic OH excluding ortho intramolecular Hbond substituents is 1. The number of Topliss-reactive ketones (excluding diaryl/α,β-unsaturated/α-hetero) is 2. The highest BCUT2D eigenvalue weighted by atomic mass is 16.6. The number of dihydropyridines is 1. The van der Waals surface area contributed by atoms with E-state index in [1.165, 1.54) is 18.2 Å². The maximum absolute atomic E-state index is 13.2. The second-order valence-corrected chi connectivity index (χ2v) is 10.2.